The molecular weight excluding hydrogens is 614 g/mol. The van der Waals surface area contributed by atoms with Crippen molar-refractivity contribution in [2.24, 2.45) is 0 Å². The summed E-state index contributed by atoms with van der Waals surface area (Å²) in [6, 6.07) is 25.9. The number of nitrogens with one attached hydrogen (secondary N) is 3. The summed E-state index contributed by atoms with van der Waals surface area (Å²) >= 11 is 7.52. The number of methoxy groups -OCH3 is 3. The summed E-state index contributed by atoms with van der Waals surface area (Å²) in [5.74, 6) is 0.0400. The largest absolute Gasteiger partial charge is 0.496 e. The summed E-state index contributed by atoms with van der Waals surface area (Å²) < 4.78 is 16.3. The minimum atomic E-state index is -0.566. The number of thioether (sulfide) groups is 1. The Kier molecular flexibility index (Phi) is 11.5. The molecule has 0 aliphatic heterocycles. The zero-order valence-corrected chi connectivity index (χ0v) is 26.6. The van der Waals surface area contributed by atoms with E-state index in [0.29, 0.717) is 44.8 Å². The van der Waals surface area contributed by atoms with Gasteiger partial charge in [-0.3, -0.25) is 14.4 Å². The van der Waals surface area contributed by atoms with Gasteiger partial charge in [-0.25, -0.2) is 0 Å². The molecule has 0 heterocycles. The molecule has 0 aliphatic rings. The Morgan fingerprint density at radius 1 is 0.778 bits per heavy atom. The van der Waals surface area contributed by atoms with Crippen LogP contribution in [0.2, 0.25) is 5.02 Å². The van der Waals surface area contributed by atoms with E-state index in [0.717, 1.165) is 4.90 Å². The van der Waals surface area contributed by atoms with E-state index in [1.807, 2.05) is 0 Å². The number of hydrogen-bond donors (Lipinski definition) is 3. The normalized spacial score (nSPS) is 11.6. The van der Waals surface area contributed by atoms with Crippen molar-refractivity contribution in [3.63, 3.8) is 0 Å². The molecule has 11 heteroatoms. The van der Waals surface area contributed by atoms with Gasteiger partial charge in [-0.1, -0.05) is 41.9 Å². The monoisotopic (exact) mass is 645 g/mol. The van der Waals surface area contributed by atoms with Gasteiger partial charge in [0.25, 0.3) is 11.8 Å². The predicted molar refractivity (Wildman–Crippen MR) is 178 cm³/mol. The lowest BCUT2D eigenvalue weighted by molar-refractivity contribution is -0.115. The van der Waals surface area contributed by atoms with Gasteiger partial charge in [-0.15, -0.1) is 11.8 Å². The Morgan fingerprint density at radius 3 is 2.04 bits per heavy atom. The summed E-state index contributed by atoms with van der Waals surface area (Å²) in [6.07, 6.45) is 1.50. The molecule has 0 fully saturated rings. The summed E-state index contributed by atoms with van der Waals surface area (Å²) in [5, 5.41) is 8.42. The number of para-hydroxylation sites is 1. The Labute approximate surface area is 270 Å². The molecule has 0 saturated carbocycles. The lowest BCUT2D eigenvalue weighted by Gasteiger charge is -2.15. The maximum absolute atomic E-state index is 13.6. The van der Waals surface area contributed by atoms with Crippen molar-refractivity contribution in [1.82, 2.24) is 5.32 Å². The molecule has 45 heavy (non-hydrogen) atoms. The Balaban J connectivity index is 1.53. The predicted octanol–water partition coefficient (Wildman–Crippen LogP) is 6.89. The lowest BCUT2D eigenvalue weighted by atomic mass is 10.1. The van der Waals surface area contributed by atoms with Gasteiger partial charge in [0.05, 0.1) is 37.3 Å². The van der Waals surface area contributed by atoms with Crippen LogP contribution in [-0.2, 0) is 9.59 Å². The van der Waals surface area contributed by atoms with Crippen LogP contribution in [0.25, 0.3) is 6.08 Å². The molecule has 4 aromatic carbocycles. The third kappa shape index (κ3) is 8.81. The van der Waals surface area contributed by atoms with Gasteiger partial charge in [0.2, 0.25) is 5.91 Å². The number of benzene rings is 4. The van der Waals surface area contributed by atoms with Gasteiger partial charge in [0.15, 0.2) is 11.5 Å². The highest BCUT2D eigenvalue weighted by atomic mass is 35.5. The van der Waals surface area contributed by atoms with E-state index in [1.54, 1.807) is 97.9 Å². The van der Waals surface area contributed by atoms with Crippen LogP contribution >= 0.6 is 23.4 Å². The number of hydrogen-bond acceptors (Lipinski definition) is 7. The summed E-state index contributed by atoms with van der Waals surface area (Å²) in [6.45, 7) is 1.79. The van der Waals surface area contributed by atoms with Crippen LogP contribution in [0.5, 0.6) is 17.2 Å². The highest BCUT2D eigenvalue weighted by molar-refractivity contribution is 8.00. The van der Waals surface area contributed by atoms with Crippen molar-refractivity contribution >= 4 is 58.5 Å². The van der Waals surface area contributed by atoms with E-state index in [2.05, 4.69) is 16.0 Å². The van der Waals surface area contributed by atoms with Crippen LogP contribution in [0.4, 0.5) is 11.4 Å². The Morgan fingerprint density at radius 2 is 1.40 bits per heavy atom. The average molecular weight is 646 g/mol. The Bertz CT molecular complexity index is 1700. The van der Waals surface area contributed by atoms with Crippen LogP contribution < -0.4 is 30.2 Å². The van der Waals surface area contributed by atoms with Crippen LogP contribution in [-0.4, -0.2) is 44.3 Å². The Hall–Kier alpha value is -4.93. The molecule has 0 saturated heterocycles. The first-order valence-corrected chi connectivity index (χ1v) is 15.0. The molecular formula is C34H32ClN3O6S. The molecule has 1 atom stereocenters. The molecule has 232 valence electrons. The van der Waals surface area contributed by atoms with Crippen LogP contribution in [0.15, 0.2) is 102 Å². The van der Waals surface area contributed by atoms with E-state index < -0.39 is 17.1 Å². The SMILES string of the molecule is COc1cc(OC)c(OC)cc1/C=C(\NC(=O)c1ccccc1)C(=O)Nc1ccc(SC(C)C(=O)Nc2ccccc2Cl)cc1. The zero-order chi connectivity index (χ0) is 32.3. The molecule has 4 rings (SSSR count). The maximum atomic E-state index is 13.6. The third-order valence-corrected chi connectivity index (χ3v) is 7.93. The van der Waals surface area contributed by atoms with Crippen molar-refractivity contribution in [2.75, 3.05) is 32.0 Å². The van der Waals surface area contributed by atoms with E-state index in [-0.39, 0.29) is 11.6 Å². The first-order chi connectivity index (χ1) is 21.7. The lowest BCUT2D eigenvalue weighted by Crippen LogP contribution is -2.30. The van der Waals surface area contributed by atoms with Gasteiger partial charge in [-0.05, 0) is 67.6 Å². The van der Waals surface area contributed by atoms with Gasteiger partial charge in [0, 0.05) is 27.8 Å². The fourth-order valence-corrected chi connectivity index (χ4v) is 5.18. The smallest absolute Gasteiger partial charge is 0.272 e. The topological polar surface area (TPSA) is 115 Å². The molecule has 9 nitrogen and oxygen atoms in total. The fourth-order valence-electron chi connectivity index (χ4n) is 4.13. The van der Waals surface area contributed by atoms with Crippen LogP contribution in [0.1, 0.15) is 22.8 Å². The molecule has 0 aromatic heterocycles. The van der Waals surface area contributed by atoms with Gasteiger partial charge in [0.1, 0.15) is 11.4 Å². The molecule has 1 unspecified atom stereocenters. The zero-order valence-electron chi connectivity index (χ0n) is 25.1. The highest BCUT2D eigenvalue weighted by Gasteiger charge is 2.19. The van der Waals surface area contributed by atoms with Crippen molar-refractivity contribution in [3.8, 4) is 17.2 Å². The number of amides is 3. The summed E-state index contributed by atoms with van der Waals surface area (Å²) in [4.78, 5) is 40.1. The second-order valence-electron chi connectivity index (χ2n) is 9.53. The van der Waals surface area contributed by atoms with Gasteiger partial charge < -0.3 is 30.2 Å². The minimum absolute atomic E-state index is 0.0299. The molecule has 0 aliphatic carbocycles. The highest BCUT2D eigenvalue weighted by Crippen LogP contribution is 2.36. The molecule has 3 amide bonds. The average Bonchev–Trinajstić information content (AvgIpc) is 3.06. The van der Waals surface area contributed by atoms with Gasteiger partial charge in [-0.2, -0.15) is 0 Å². The number of halogens is 1. The second kappa shape index (κ2) is 15.7. The standard InChI is InChI=1S/C34H32ClN3O6S/c1-21(32(39)37-27-13-9-8-12-26(27)35)45-25-16-14-24(15-17-25)36-34(41)28(38-33(40)22-10-6-5-7-11-22)18-23-19-30(43-3)31(44-4)20-29(23)42-2/h5-21H,1-4H3,(H,36,41)(H,37,39)(H,38,40)/b28-18-. The molecule has 0 bridgehead atoms. The van der Waals surface area contributed by atoms with E-state index in [9.17, 15) is 14.4 Å². The maximum Gasteiger partial charge on any atom is 0.272 e. The molecule has 0 spiro atoms. The molecule has 4 aromatic rings. The van der Waals surface area contributed by atoms with E-state index >= 15 is 0 Å². The number of carbonyl (C=O) groups excluding carboxylic acids is 3. The van der Waals surface area contributed by atoms with Crippen molar-refractivity contribution < 1.29 is 28.6 Å². The van der Waals surface area contributed by atoms with E-state index in [4.69, 9.17) is 25.8 Å². The molecule has 3 N–H and O–H groups in total. The first kappa shape index (κ1) is 33.0. The fraction of sp³-hybridized carbons (Fsp3) is 0.147. The van der Waals surface area contributed by atoms with Crippen molar-refractivity contribution in [1.29, 1.82) is 0 Å². The van der Waals surface area contributed by atoms with Crippen molar-refractivity contribution in [2.45, 2.75) is 17.1 Å². The van der Waals surface area contributed by atoms with Gasteiger partial charge >= 0.3 is 0 Å². The summed E-state index contributed by atoms with van der Waals surface area (Å²) in [5.41, 5.74) is 1.85. The third-order valence-electron chi connectivity index (χ3n) is 6.49. The van der Waals surface area contributed by atoms with Crippen LogP contribution in [0.3, 0.4) is 0 Å². The quantitative estimate of drug-likeness (QED) is 0.113. The number of anilines is 2. The summed E-state index contributed by atoms with van der Waals surface area (Å²) in [7, 11) is 4.49. The first-order valence-electron chi connectivity index (χ1n) is 13.7. The number of ether oxygens (including phenoxy) is 3. The minimum Gasteiger partial charge on any atom is -0.496 e. The van der Waals surface area contributed by atoms with Crippen LogP contribution in [0, 0.1) is 0 Å². The van der Waals surface area contributed by atoms with E-state index in [1.165, 1.54) is 39.2 Å². The van der Waals surface area contributed by atoms with Crippen molar-refractivity contribution in [3.05, 3.63) is 113 Å². The molecule has 0 radical (unpaired) electrons. The number of rotatable bonds is 12. The second-order valence-corrected chi connectivity index (χ2v) is 11.4. The number of carbonyl (C=O) groups is 3.